The van der Waals surface area contributed by atoms with Crippen LogP contribution < -0.4 is 20.8 Å². The Morgan fingerprint density at radius 2 is 0.822 bits per heavy atom. The minimum atomic E-state index is -1.17. The fraction of sp³-hybridized carbons (Fsp3) is 0.167. The molecule has 0 heterocycles. The van der Waals surface area contributed by atoms with Crippen molar-refractivity contribution in [3.8, 4) is 0 Å². The first-order valence-electron chi connectivity index (χ1n) is 14.0. The molecule has 0 bridgehead atoms. The Morgan fingerprint density at radius 3 is 1.09 bits per heavy atom. The van der Waals surface area contributed by atoms with Gasteiger partial charge in [0.1, 0.15) is 0 Å². The third kappa shape index (κ3) is 24.8. The first-order valence-corrected chi connectivity index (χ1v) is 14.0. The summed E-state index contributed by atoms with van der Waals surface area (Å²) in [5.74, 6) is -2.34. The van der Waals surface area contributed by atoms with Gasteiger partial charge in [-0.25, -0.2) is 0 Å². The van der Waals surface area contributed by atoms with Crippen molar-refractivity contribution in [1.29, 1.82) is 0 Å². The minimum Gasteiger partial charge on any atom is -0.545 e. The van der Waals surface area contributed by atoms with Gasteiger partial charge >= 0.3 is 17.1 Å². The number of hydrogen-bond donors (Lipinski definition) is 4. The standard InChI is InChI=1S/2C9H13NO.2C9H8O2.Cu/c2*11-7-6-10-8-9-4-2-1-3-5-9;2*10-9(11)7-6-8-4-2-1-3-5-8;/h2*1-5,10-11H,6-8H2;2*1-7H,(H,10,11);/q;;;;+2/p-2/b;;2*7-6+;. The van der Waals surface area contributed by atoms with Gasteiger partial charge in [-0.3, -0.25) is 0 Å². The van der Waals surface area contributed by atoms with Gasteiger partial charge in [0.25, 0.3) is 0 Å². The van der Waals surface area contributed by atoms with Crippen molar-refractivity contribution in [2.24, 2.45) is 0 Å². The molecular weight excluding hydrogens is 620 g/mol. The molecule has 0 spiro atoms. The quantitative estimate of drug-likeness (QED) is 0.103. The van der Waals surface area contributed by atoms with Gasteiger partial charge < -0.3 is 40.6 Å². The molecule has 241 valence electrons. The average Bonchev–Trinajstić information content (AvgIpc) is 3.06. The van der Waals surface area contributed by atoms with Crippen LogP contribution >= 0.6 is 0 Å². The van der Waals surface area contributed by atoms with Crippen molar-refractivity contribution in [2.75, 3.05) is 26.3 Å². The van der Waals surface area contributed by atoms with E-state index in [4.69, 9.17) is 10.2 Å². The first kappa shape index (κ1) is 40.7. The number of aliphatic hydroxyl groups is 2. The van der Waals surface area contributed by atoms with Crippen LogP contribution in [0, 0.1) is 0 Å². The molecule has 0 saturated carbocycles. The molecule has 9 heteroatoms. The third-order valence-corrected chi connectivity index (χ3v) is 5.34. The number of nitrogens with one attached hydrogen (secondary N) is 2. The van der Waals surface area contributed by atoms with Crippen LogP contribution in [0.25, 0.3) is 12.2 Å². The van der Waals surface area contributed by atoms with Crippen molar-refractivity contribution in [2.45, 2.75) is 13.1 Å². The van der Waals surface area contributed by atoms with Gasteiger partial charge in [-0.1, -0.05) is 133 Å². The molecule has 0 saturated heterocycles. The molecule has 0 aromatic heterocycles. The number of carboxylic acid groups (broad SMARTS) is 2. The molecule has 0 aliphatic carbocycles. The second kappa shape index (κ2) is 28.4. The van der Waals surface area contributed by atoms with Crippen LogP contribution in [-0.2, 0) is 39.7 Å². The normalized spacial score (nSPS) is 9.82. The summed E-state index contributed by atoms with van der Waals surface area (Å²) < 4.78 is 0. The molecule has 4 aromatic carbocycles. The fourth-order valence-electron chi connectivity index (χ4n) is 3.27. The van der Waals surface area contributed by atoms with E-state index in [9.17, 15) is 19.8 Å². The molecule has 4 aromatic rings. The van der Waals surface area contributed by atoms with Crippen molar-refractivity contribution in [1.82, 2.24) is 10.6 Å². The van der Waals surface area contributed by atoms with E-state index in [-0.39, 0.29) is 30.3 Å². The van der Waals surface area contributed by atoms with E-state index in [2.05, 4.69) is 34.9 Å². The monoisotopic (exact) mass is 659 g/mol. The van der Waals surface area contributed by atoms with E-state index in [0.29, 0.717) is 13.1 Å². The Labute approximate surface area is 276 Å². The van der Waals surface area contributed by atoms with Crippen LogP contribution in [0.5, 0.6) is 0 Å². The van der Waals surface area contributed by atoms with Crippen molar-refractivity contribution in [3.63, 3.8) is 0 Å². The maximum atomic E-state index is 9.97. The molecule has 45 heavy (non-hydrogen) atoms. The van der Waals surface area contributed by atoms with E-state index in [0.717, 1.165) is 36.4 Å². The summed E-state index contributed by atoms with van der Waals surface area (Å²) in [6, 6.07) is 38.7. The van der Waals surface area contributed by atoms with Crippen LogP contribution in [0.3, 0.4) is 0 Å². The van der Waals surface area contributed by atoms with Crippen LogP contribution in [0.2, 0.25) is 0 Å². The van der Waals surface area contributed by atoms with Crippen LogP contribution in [0.1, 0.15) is 22.3 Å². The molecule has 0 atom stereocenters. The first-order chi connectivity index (χ1) is 21.4. The predicted octanol–water partition coefficient (Wildman–Crippen LogP) is 2.43. The Bertz CT molecular complexity index is 1220. The van der Waals surface area contributed by atoms with Gasteiger partial charge in [-0.15, -0.1) is 0 Å². The van der Waals surface area contributed by atoms with Gasteiger partial charge in [-0.2, -0.15) is 0 Å². The van der Waals surface area contributed by atoms with Crippen molar-refractivity contribution in [3.05, 3.63) is 156 Å². The van der Waals surface area contributed by atoms with E-state index in [1.807, 2.05) is 97.1 Å². The second-order valence-corrected chi connectivity index (χ2v) is 8.90. The zero-order valence-corrected chi connectivity index (χ0v) is 25.9. The van der Waals surface area contributed by atoms with E-state index in [1.54, 1.807) is 0 Å². The zero-order chi connectivity index (χ0) is 32.1. The molecule has 0 fully saturated rings. The topological polar surface area (TPSA) is 145 Å². The van der Waals surface area contributed by atoms with E-state index >= 15 is 0 Å². The molecule has 8 nitrogen and oxygen atoms in total. The van der Waals surface area contributed by atoms with Gasteiger partial charge in [0.2, 0.25) is 0 Å². The Balaban J connectivity index is 0.000000569. The van der Waals surface area contributed by atoms with E-state index < -0.39 is 11.9 Å². The van der Waals surface area contributed by atoms with Crippen LogP contribution in [-0.4, -0.2) is 48.5 Å². The maximum absolute atomic E-state index is 9.97. The van der Waals surface area contributed by atoms with Crippen molar-refractivity contribution >= 4 is 24.1 Å². The van der Waals surface area contributed by atoms with Crippen LogP contribution in [0.4, 0.5) is 0 Å². The minimum absolute atomic E-state index is 0. The molecule has 0 unspecified atom stereocenters. The number of carboxylic acids is 2. The number of hydrogen-bond acceptors (Lipinski definition) is 8. The Morgan fingerprint density at radius 1 is 0.533 bits per heavy atom. The predicted molar refractivity (Wildman–Crippen MR) is 171 cm³/mol. The summed E-state index contributed by atoms with van der Waals surface area (Å²) in [5.41, 5.74) is 4.22. The second-order valence-electron chi connectivity index (χ2n) is 8.90. The molecular formula is C36H40CuN2O6. The fourth-order valence-corrected chi connectivity index (χ4v) is 3.27. The molecule has 4 rings (SSSR count). The number of carbonyl (C=O) groups excluding carboxylic acids is 2. The summed E-state index contributed by atoms with van der Waals surface area (Å²) >= 11 is 0. The van der Waals surface area contributed by atoms with Gasteiger partial charge in [0.15, 0.2) is 0 Å². The molecule has 1 radical (unpaired) electrons. The van der Waals surface area contributed by atoms with E-state index in [1.165, 1.54) is 23.3 Å². The Kier molecular flexibility index (Phi) is 25.7. The number of aliphatic carboxylic acids is 2. The Hall–Kier alpha value is -4.34. The SMILES string of the molecule is O=C([O-])/C=C/c1ccccc1.O=C([O-])/C=C/c1ccccc1.OCCNCc1ccccc1.OCCNCc1ccccc1.[Cu+2]. The number of aliphatic hydroxyl groups excluding tert-OH is 2. The summed E-state index contributed by atoms with van der Waals surface area (Å²) in [4.78, 5) is 19.9. The molecule has 0 aliphatic heterocycles. The summed E-state index contributed by atoms with van der Waals surface area (Å²) in [7, 11) is 0. The van der Waals surface area contributed by atoms with Gasteiger partial charge in [-0.05, 0) is 34.4 Å². The third-order valence-electron chi connectivity index (χ3n) is 5.34. The maximum Gasteiger partial charge on any atom is 2.00 e. The molecule has 0 amide bonds. The smallest absolute Gasteiger partial charge is 0.545 e. The summed E-state index contributed by atoms with van der Waals surface area (Å²) in [5, 5.41) is 43.1. The summed E-state index contributed by atoms with van der Waals surface area (Å²) in [6.07, 6.45) is 5.01. The largest absolute Gasteiger partial charge is 2.00 e. The zero-order valence-electron chi connectivity index (χ0n) is 24.9. The van der Waals surface area contributed by atoms with Gasteiger partial charge in [0.05, 0.1) is 25.2 Å². The number of rotatable bonds is 12. The van der Waals surface area contributed by atoms with Crippen molar-refractivity contribution < 1.29 is 47.1 Å². The summed E-state index contributed by atoms with van der Waals surface area (Å²) in [6.45, 7) is 3.40. The number of carbonyl (C=O) groups is 2. The number of benzene rings is 4. The van der Waals surface area contributed by atoms with Crippen LogP contribution in [0.15, 0.2) is 133 Å². The average molecular weight is 660 g/mol. The van der Waals surface area contributed by atoms with Gasteiger partial charge in [0, 0.05) is 26.2 Å². The molecule has 0 aliphatic rings. The molecule has 4 N–H and O–H groups in total.